The van der Waals surface area contributed by atoms with Crippen molar-refractivity contribution in [2.75, 3.05) is 13.2 Å². The predicted molar refractivity (Wildman–Crippen MR) is 62.2 cm³/mol. The first-order valence-corrected chi connectivity index (χ1v) is 4.79. The van der Waals surface area contributed by atoms with Crippen LogP contribution in [0.5, 0.6) is 5.75 Å². The van der Waals surface area contributed by atoms with E-state index in [0.29, 0.717) is 6.54 Å². The van der Waals surface area contributed by atoms with Crippen LogP contribution in [0.2, 0.25) is 0 Å². The van der Waals surface area contributed by atoms with E-state index >= 15 is 0 Å². The van der Waals surface area contributed by atoms with Gasteiger partial charge in [-0.1, -0.05) is 25.1 Å². The number of halogens is 1. The molecule has 0 unspecified atom stereocenters. The third kappa shape index (κ3) is 3.99. The number of hydrogen-bond acceptors (Lipinski definition) is 2. The molecular formula is C11H18ClNO. The average molecular weight is 216 g/mol. The first kappa shape index (κ1) is 13.3. The van der Waals surface area contributed by atoms with E-state index in [0.717, 1.165) is 25.2 Å². The summed E-state index contributed by atoms with van der Waals surface area (Å²) in [6.45, 7) is 3.56. The molecular weight excluding hydrogens is 198 g/mol. The molecule has 0 fully saturated rings. The lowest BCUT2D eigenvalue weighted by Crippen LogP contribution is -2.05. The van der Waals surface area contributed by atoms with Crippen molar-refractivity contribution in [2.45, 2.75) is 19.8 Å². The summed E-state index contributed by atoms with van der Waals surface area (Å²) in [7, 11) is 0. The second kappa shape index (κ2) is 7.65. The number of hydrogen-bond donors (Lipinski definition) is 1. The van der Waals surface area contributed by atoms with Gasteiger partial charge in [0, 0.05) is 0 Å². The van der Waals surface area contributed by atoms with E-state index in [1.165, 1.54) is 5.56 Å². The van der Waals surface area contributed by atoms with Crippen LogP contribution in [0, 0.1) is 0 Å². The molecule has 1 aromatic rings. The molecule has 14 heavy (non-hydrogen) atoms. The van der Waals surface area contributed by atoms with E-state index < -0.39 is 0 Å². The van der Waals surface area contributed by atoms with Gasteiger partial charge in [0.1, 0.15) is 5.75 Å². The quantitative estimate of drug-likeness (QED) is 0.819. The van der Waals surface area contributed by atoms with Gasteiger partial charge < -0.3 is 10.5 Å². The third-order valence-corrected chi connectivity index (χ3v) is 1.85. The Morgan fingerprint density at radius 2 is 2.00 bits per heavy atom. The van der Waals surface area contributed by atoms with Gasteiger partial charge in [0.2, 0.25) is 0 Å². The highest BCUT2D eigenvalue weighted by Gasteiger charge is 2.00. The molecule has 3 heteroatoms. The first-order valence-electron chi connectivity index (χ1n) is 4.79. The van der Waals surface area contributed by atoms with Crippen LogP contribution in [0.3, 0.4) is 0 Å². The lowest BCUT2D eigenvalue weighted by Gasteiger charge is -2.09. The maximum Gasteiger partial charge on any atom is 0.122 e. The zero-order chi connectivity index (χ0) is 9.52. The minimum Gasteiger partial charge on any atom is -0.493 e. The Labute approximate surface area is 91.9 Å². The van der Waals surface area contributed by atoms with E-state index in [1.807, 2.05) is 18.2 Å². The highest BCUT2D eigenvalue weighted by atomic mass is 35.5. The minimum atomic E-state index is 0. The van der Waals surface area contributed by atoms with Gasteiger partial charge in [-0.2, -0.15) is 0 Å². The molecule has 0 aromatic heterocycles. The molecule has 0 saturated heterocycles. The standard InChI is InChI=1S/C11H17NO.ClH/c1-2-9-13-11-6-4-3-5-10(11)7-8-12;/h3-6H,2,7-9,12H2,1H3;1H. The van der Waals surface area contributed by atoms with E-state index in [2.05, 4.69) is 13.0 Å². The zero-order valence-electron chi connectivity index (χ0n) is 8.53. The molecule has 0 amide bonds. The van der Waals surface area contributed by atoms with Crippen LogP contribution in [0.15, 0.2) is 24.3 Å². The Hall–Kier alpha value is -0.730. The Morgan fingerprint density at radius 3 is 2.64 bits per heavy atom. The highest BCUT2D eigenvalue weighted by Crippen LogP contribution is 2.17. The summed E-state index contributed by atoms with van der Waals surface area (Å²) in [5.74, 6) is 0.981. The first-order chi connectivity index (χ1) is 6.38. The summed E-state index contributed by atoms with van der Waals surface area (Å²) in [6, 6.07) is 8.08. The van der Waals surface area contributed by atoms with Gasteiger partial charge in [-0.25, -0.2) is 0 Å². The molecule has 80 valence electrons. The molecule has 0 radical (unpaired) electrons. The number of para-hydroxylation sites is 1. The lowest BCUT2D eigenvalue weighted by molar-refractivity contribution is 0.314. The summed E-state index contributed by atoms with van der Waals surface area (Å²) in [5, 5.41) is 0. The Morgan fingerprint density at radius 1 is 1.29 bits per heavy atom. The predicted octanol–water partition coefficient (Wildman–Crippen LogP) is 2.40. The SMILES string of the molecule is CCCOc1ccccc1CCN.Cl. The van der Waals surface area contributed by atoms with Gasteiger partial charge in [-0.15, -0.1) is 12.4 Å². The Bertz CT molecular complexity index is 253. The molecule has 0 saturated carbocycles. The van der Waals surface area contributed by atoms with Crippen molar-refractivity contribution < 1.29 is 4.74 Å². The summed E-state index contributed by atoms with van der Waals surface area (Å²) in [4.78, 5) is 0. The van der Waals surface area contributed by atoms with E-state index in [1.54, 1.807) is 0 Å². The zero-order valence-corrected chi connectivity index (χ0v) is 9.35. The highest BCUT2D eigenvalue weighted by molar-refractivity contribution is 5.85. The van der Waals surface area contributed by atoms with Crippen molar-refractivity contribution in [3.05, 3.63) is 29.8 Å². The molecule has 0 atom stereocenters. The largest absolute Gasteiger partial charge is 0.493 e. The van der Waals surface area contributed by atoms with Crippen LogP contribution >= 0.6 is 12.4 Å². The van der Waals surface area contributed by atoms with Gasteiger partial charge in [0.15, 0.2) is 0 Å². The van der Waals surface area contributed by atoms with Crippen LogP contribution < -0.4 is 10.5 Å². The topological polar surface area (TPSA) is 35.2 Å². The fraction of sp³-hybridized carbons (Fsp3) is 0.455. The smallest absolute Gasteiger partial charge is 0.122 e. The maximum atomic E-state index is 5.58. The summed E-state index contributed by atoms with van der Waals surface area (Å²) in [6.07, 6.45) is 1.93. The number of ether oxygens (including phenoxy) is 1. The fourth-order valence-corrected chi connectivity index (χ4v) is 1.22. The van der Waals surface area contributed by atoms with Gasteiger partial charge in [-0.05, 0) is 31.0 Å². The summed E-state index contributed by atoms with van der Waals surface area (Å²) < 4.78 is 5.58. The van der Waals surface area contributed by atoms with Gasteiger partial charge in [0.25, 0.3) is 0 Å². The number of rotatable bonds is 5. The van der Waals surface area contributed by atoms with Crippen molar-refractivity contribution in [3.63, 3.8) is 0 Å². The van der Waals surface area contributed by atoms with E-state index in [-0.39, 0.29) is 12.4 Å². The van der Waals surface area contributed by atoms with Crippen LogP contribution in [-0.2, 0) is 6.42 Å². The fourth-order valence-electron chi connectivity index (χ4n) is 1.22. The lowest BCUT2D eigenvalue weighted by atomic mass is 10.1. The molecule has 2 N–H and O–H groups in total. The maximum absolute atomic E-state index is 5.58. The minimum absolute atomic E-state index is 0. The van der Waals surface area contributed by atoms with Crippen molar-refractivity contribution in [3.8, 4) is 5.75 Å². The Balaban J connectivity index is 0.00000169. The monoisotopic (exact) mass is 215 g/mol. The normalized spacial score (nSPS) is 9.29. The summed E-state index contributed by atoms with van der Waals surface area (Å²) in [5.41, 5.74) is 6.71. The van der Waals surface area contributed by atoms with Crippen molar-refractivity contribution in [1.82, 2.24) is 0 Å². The van der Waals surface area contributed by atoms with Gasteiger partial charge >= 0.3 is 0 Å². The van der Waals surface area contributed by atoms with Gasteiger partial charge in [-0.3, -0.25) is 0 Å². The molecule has 1 rings (SSSR count). The van der Waals surface area contributed by atoms with E-state index in [4.69, 9.17) is 10.5 Å². The van der Waals surface area contributed by atoms with Crippen LogP contribution in [0.25, 0.3) is 0 Å². The number of benzene rings is 1. The second-order valence-corrected chi connectivity index (χ2v) is 2.99. The van der Waals surface area contributed by atoms with Crippen LogP contribution in [-0.4, -0.2) is 13.2 Å². The third-order valence-electron chi connectivity index (χ3n) is 1.85. The molecule has 0 aliphatic rings. The van der Waals surface area contributed by atoms with Crippen molar-refractivity contribution >= 4 is 12.4 Å². The van der Waals surface area contributed by atoms with Crippen molar-refractivity contribution in [2.24, 2.45) is 5.73 Å². The van der Waals surface area contributed by atoms with Crippen molar-refractivity contribution in [1.29, 1.82) is 0 Å². The Kier molecular flexibility index (Phi) is 7.25. The molecule has 0 heterocycles. The number of nitrogens with two attached hydrogens (primary N) is 1. The molecule has 0 spiro atoms. The van der Waals surface area contributed by atoms with Gasteiger partial charge in [0.05, 0.1) is 6.61 Å². The summed E-state index contributed by atoms with van der Waals surface area (Å²) >= 11 is 0. The molecule has 1 aromatic carbocycles. The average Bonchev–Trinajstić information content (AvgIpc) is 2.17. The molecule has 0 aliphatic heterocycles. The molecule has 0 aliphatic carbocycles. The molecule has 0 bridgehead atoms. The van der Waals surface area contributed by atoms with Crippen LogP contribution in [0.1, 0.15) is 18.9 Å². The second-order valence-electron chi connectivity index (χ2n) is 2.99. The van der Waals surface area contributed by atoms with Crippen LogP contribution in [0.4, 0.5) is 0 Å². The molecule has 2 nitrogen and oxygen atoms in total. The van der Waals surface area contributed by atoms with E-state index in [9.17, 15) is 0 Å².